The van der Waals surface area contributed by atoms with Crippen LogP contribution in [-0.4, -0.2) is 43.2 Å². The van der Waals surface area contributed by atoms with Crippen LogP contribution in [0.25, 0.3) is 0 Å². The van der Waals surface area contributed by atoms with E-state index < -0.39 is 10.2 Å². The summed E-state index contributed by atoms with van der Waals surface area (Å²) >= 11 is 0. The van der Waals surface area contributed by atoms with Crippen molar-refractivity contribution in [2.75, 3.05) is 26.2 Å². The van der Waals surface area contributed by atoms with E-state index in [1.807, 2.05) is 6.07 Å². The van der Waals surface area contributed by atoms with Gasteiger partial charge in [0.05, 0.1) is 6.07 Å². The number of rotatable bonds is 7. The topological polar surface area (TPSA) is 64.4 Å². The first-order valence-electron chi connectivity index (χ1n) is 7.10. The van der Waals surface area contributed by atoms with Crippen LogP contribution in [0, 0.1) is 17.2 Å². The Morgan fingerprint density at radius 3 is 2.37 bits per heavy atom. The van der Waals surface area contributed by atoms with E-state index in [2.05, 4.69) is 13.8 Å². The van der Waals surface area contributed by atoms with E-state index in [4.69, 9.17) is 5.26 Å². The Kier molecular flexibility index (Phi) is 6.76. The molecule has 110 valence electrons. The quantitative estimate of drug-likeness (QED) is 0.719. The smallest absolute Gasteiger partial charge is 0.198 e. The highest BCUT2D eigenvalue weighted by molar-refractivity contribution is 7.86. The second-order valence-corrected chi connectivity index (χ2v) is 7.39. The number of nitriles is 1. The molecule has 0 radical (unpaired) electrons. The number of hydrogen-bond acceptors (Lipinski definition) is 3. The average Bonchev–Trinajstić information content (AvgIpc) is 2.39. The second-order valence-electron chi connectivity index (χ2n) is 5.46. The van der Waals surface area contributed by atoms with Crippen LogP contribution in [0.1, 0.15) is 46.0 Å². The Hall–Kier alpha value is -0.640. The van der Waals surface area contributed by atoms with E-state index in [0.29, 0.717) is 32.1 Å². The normalized spacial score (nSPS) is 17.8. The number of nitrogens with zero attached hydrogens (tertiary/aromatic N) is 3. The lowest BCUT2D eigenvalue weighted by atomic mass is 10.1. The zero-order chi connectivity index (χ0) is 14.3. The van der Waals surface area contributed by atoms with Crippen molar-refractivity contribution in [1.82, 2.24) is 8.61 Å². The maximum atomic E-state index is 12.5. The van der Waals surface area contributed by atoms with Gasteiger partial charge in [-0.25, -0.2) is 0 Å². The number of hydrogen-bond donors (Lipinski definition) is 0. The van der Waals surface area contributed by atoms with Gasteiger partial charge in [-0.15, -0.1) is 0 Å². The van der Waals surface area contributed by atoms with E-state index in [0.717, 1.165) is 25.7 Å². The van der Waals surface area contributed by atoms with Crippen molar-refractivity contribution in [2.24, 2.45) is 5.92 Å². The van der Waals surface area contributed by atoms with Gasteiger partial charge in [-0.05, 0) is 25.2 Å². The summed E-state index contributed by atoms with van der Waals surface area (Å²) in [5.41, 5.74) is 0. The van der Waals surface area contributed by atoms with Crippen molar-refractivity contribution in [3.63, 3.8) is 0 Å². The fourth-order valence-electron chi connectivity index (χ4n) is 2.18. The summed E-state index contributed by atoms with van der Waals surface area (Å²) in [5.74, 6) is 0.459. The minimum absolute atomic E-state index is 0.255. The molecule has 1 rings (SSSR count). The summed E-state index contributed by atoms with van der Waals surface area (Å²) in [6, 6.07) is 2.04. The van der Waals surface area contributed by atoms with Crippen LogP contribution in [0.5, 0.6) is 0 Å². The van der Waals surface area contributed by atoms with E-state index in [-0.39, 0.29) is 6.42 Å². The van der Waals surface area contributed by atoms with Gasteiger partial charge in [0.1, 0.15) is 0 Å². The molecule has 0 aromatic carbocycles. The molecular formula is C13H25N3O2S. The first-order chi connectivity index (χ1) is 8.98. The minimum Gasteiger partial charge on any atom is -0.198 e. The Balaban J connectivity index is 2.72. The van der Waals surface area contributed by atoms with Crippen LogP contribution in [0.15, 0.2) is 0 Å². The molecule has 0 aliphatic carbocycles. The maximum absolute atomic E-state index is 12.5. The fraction of sp³-hybridized carbons (Fsp3) is 0.923. The van der Waals surface area contributed by atoms with Crippen molar-refractivity contribution in [2.45, 2.75) is 46.0 Å². The van der Waals surface area contributed by atoms with Gasteiger partial charge in [0.15, 0.2) is 0 Å². The van der Waals surface area contributed by atoms with Crippen LogP contribution in [0.4, 0.5) is 0 Å². The molecule has 0 atom stereocenters. The molecule has 0 saturated carbocycles. The van der Waals surface area contributed by atoms with Gasteiger partial charge in [0, 0.05) is 32.6 Å². The van der Waals surface area contributed by atoms with Gasteiger partial charge < -0.3 is 0 Å². The average molecular weight is 287 g/mol. The molecule has 6 heteroatoms. The zero-order valence-corrected chi connectivity index (χ0v) is 12.8. The summed E-state index contributed by atoms with van der Waals surface area (Å²) in [6.45, 7) is 6.21. The zero-order valence-electron chi connectivity index (χ0n) is 12.0. The molecule has 0 amide bonds. The van der Waals surface area contributed by atoms with Gasteiger partial charge in [0.2, 0.25) is 0 Å². The van der Waals surface area contributed by atoms with E-state index in [1.165, 1.54) is 4.31 Å². The molecule has 0 aromatic heterocycles. The molecular weight excluding hydrogens is 262 g/mol. The summed E-state index contributed by atoms with van der Waals surface area (Å²) in [5, 5.41) is 8.68. The molecule has 19 heavy (non-hydrogen) atoms. The largest absolute Gasteiger partial charge is 0.282 e. The predicted octanol–water partition coefficient (Wildman–Crippen LogP) is 1.98. The highest BCUT2D eigenvalue weighted by atomic mass is 32.2. The summed E-state index contributed by atoms with van der Waals surface area (Å²) in [4.78, 5) is 0. The molecule has 1 aliphatic heterocycles. The number of piperidine rings is 1. The highest BCUT2D eigenvalue weighted by Crippen LogP contribution is 2.17. The van der Waals surface area contributed by atoms with E-state index in [1.54, 1.807) is 4.31 Å². The van der Waals surface area contributed by atoms with Gasteiger partial charge in [-0.3, -0.25) is 0 Å². The van der Waals surface area contributed by atoms with Crippen LogP contribution in [0.3, 0.4) is 0 Å². The molecule has 5 nitrogen and oxygen atoms in total. The third kappa shape index (κ3) is 5.09. The minimum atomic E-state index is -3.38. The van der Waals surface area contributed by atoms with Crippen LogP contribution in [-0.2, 0) is 10.2 Å². The predicted molar refractivity (Wildman–Crippen MR) is 75.6 cm³/mol. The third-order valence-corrected chi connectivity index (χ3v) is 5.43. The van der Waals surface area contributed by atoms with Crippen molar-refractivity contribution < 1.29 is 8.42 Å². The molecule has 1 fully saturated rings. The Labute approximate surface area is 117 Å². The lowest BCUT2D eigenvalue weighted by molar-refractivity contribution is 0.297. The molecule has 0 spiro atoms. The van der Waals surface area contributed by atoms with E-state index >= 15 is 0 Å². The Morgan fingerprint density at radius 1 is 1.21 bits per heavy atom. The maximum Gasteiger partial charge on any atom is 0.282 e. The Bertz CT molecular complexity index is 395. The summed E-state index contributed by atoms with van der Waals surface area (Å²) in [6.07, 6.45) is 4.07. The van der Waals surface area contributed by atoms with Crippen LogP contribution in [0.2, 0.25) is 0 Å². The standard InChI is InChI=1S/C13H25N3O2S/c1-13(2)7-12-16(11-6-8-14)19(17,18)15-9-4-3-5-10-15/h13H,3-7,9-12H2,1-2H3. The molecule has 0 unspecified atom stereocenters. The first kappa shape index (κ1) is 16.4. The lowest BCUT2D eigenvalue weighted by Crippen LogP contribution is -2.46. The van der Waals surface area contributed by atoms with Gasteiger partial charge >= 0.3 is 0 Å². The second kappa shape index (κ2) is 7.83. The third-order valence-electron chi connectivity index (χ3n) is 3.40. The molecule has 1 heterocycles. The Morgan fingerprint density at radius 2 is 1.84 bits per heavy atom. The molecule has 1 aliphatic rings. The monoisotopic (exact) mass is 287 g/mol. The highest BCUT2D eigenvalue weighted by Gasteiger charge is 2.30. The summed E-state index contributed by atoms with van der Waals surface area (Å²) in [7, 11) is -3.38. The van der Waals surface area contributed by atoms with Gasteiger partial charge in [0.25, 0.3) is 10.2 Å². The molecule has 0 bridgehead atoms. The first-order valence-corrected chi connectivity index (χ1v) is 8.50. The van der Waals surface area contributed by atoms with E-state index in [9.17, 15) is 8.42 Å². The lowest BCUT2D eigenvalue weighted by Gasteiger charge is -2.32. The van der Waals surface area contributed by atoms with Crippen molar-refractivity contribution in [1.29, 1.82) is 5.26 Å². The van der Waals surface area contributed by atoms with Crippen molar-refractivity contribution in [3.05, 3.63) is 0 Å². The summed E-state index contributed by atoms with van der Waals surface area (Å²) < 4.78 is 28.2. The molecule has 1 saturated heterocycles. The van der Waals surface area contributed by atoms with Crippen LogP contribution < -0.4 is 0 Å². The molecule has 0 aromatic rings. The van der Waals surface area contributed by atoms with Gasteiger partial charge in [-0.1, -0.05) is 20.3 Å². The SMILES string of the molecule is CC(C)CCN(CCC#N)S(=O)(=O)N1CCCCC1. The molecule has 0 N–H and O–H groups in total. The van der Waals surface area contributed by atoms with Gasteiger partial charge in [-0.2, -0.15) is 22.3 Å². The van der Waals surface area contributed by atoms with Crippen molar-refractivity contribution >= 4 is 10.2 Å². The fourth-order valence-corrected chi connectivity index (χ4v) is 3.88. The van der Waals surface area contributed by atoms with Crippen molar-refractivity contribution in [3.8, 4) is 6.07 Å². The van der Waals surface area contributed by atoms with Crippen LogP contribution >= 0.6 is 0 Å².